The van der Waals surface area contributed by atoms with Crippen LogP contribution in [0.25, 0.3) is 22.4 Å². The first-order valence-electron chi connectivity index (χ1n) is 6.39. The topological polar surface area (TPSA) is 66.0 Å². The zero-order valence-electron chi connectivity index (χ0n) is 11.5. The predicted octanol–water partition coefficient (Wildman–Crippen LogP) is 2.10. The number of hydrogen-bond donors (Lipinski definition) is 1. The molecule has 3 rings (SSSR count). The Hall–Kier alpha value is -2.40. The first-order chi connectivity index (χ1) is 9.72. The summed E-state index contributed by atoms with van der Waals surface area (Å²) in [4.78, 5) is 8.89. The van der Waals surface area contributed by atoms with Crippen LogP contribution >= 0.6 is 0 Å². The van der Waals surface area contributed by atoms with Crippen molar-refractivity contribution in [2.75, 3.05) is 7.11 Å². The van der Waals surface area contributed by atoms with Crippen molar-refractivity contribution in [2.45, 2.75) is 6.54 Å². The highest BCUT2D eigenvalue weighted by Gasteiger charge is 2.11. The number of imidazole rings is 1. The third kappa shape index (κ3) is 2.02. The van der Waals surface area contributed by atoms with Crippen LogP contribution < -0.4 is 10.5 Å². The molecule has 0 unspecified atom stereocenters. The molecule has 0 saturated heterocycles. The summed E-state index contributed by atoms with van der Waals surface area (Å²) in [5.74, 6) is 1.70. The van der Waals surface area contributed by atoms with Gasteiger partial charge in [-0.2, -0.15) is 0 Å². The molecule has 0 aliphatic heterocycles. The maximum atomic E-state index is 5.64. The van der Waals surface area contributed by atoms with Gasteiger partial charge in [-0.05, 0) is 24.3 Å². The lowest BCUT2D eigenvalue weighted by Gasteiger charge is -2.04. The lowest BCUT2D eigenvalue weighted by atomic mass is 10.2. The minimum atomic E-state index is 0.422. The number of nitrogens with zero attached hydrogens (tertiary/aromatic N) is 3. The maximum Gasteiger partial charge on any atom is 0.140 e. The summed E-state index contributed by atoms with van der Waals surface area (Å²) >= 11 is 0. The van der Waals surface area contributed by atoms with E-state index in [-0.39, 0.29) is 0 Å². The van der Waals surface area contributed by atoms with Gasteiger partial charge in [0, 0.05) is 31.4 Å². The fourth-order valence-corrected chi connectivity index (χ4v) is 2.29. The highest BCUT2D eigenvalue weighted by Crippen LogP contribution is 2.26. The molecule has 102 valence electrons. The van der Waals surface area contributed by atoms with Gasteiger partial charge in [-0.25, -0.2) is 4.98 Å². The Morgan fingerprint density at radius 1 is 1.25 bits per heavy atom. The highest BCUT2D eigenvalue weighted by molar-refractivity contribution is 5.81. The monoisotopic (exact) mass is 268 g/mol. The molecule has 0 fully saturated rings. The average molecular weight is 268 g/mol. The van der Waals surface area contributed by atoms with Crippen molar-refractivity contribution in [1.29, 1.82) is 0 Å². The third-order valence-electron chi connectivity index (χ3n) is 3.37. The largest absolute Gasteiger partial charge is 0.497 e. The maximum absolute atomic E-state index is 5.64. The number of benzene rings is 1. The standard InChI is InChI=1S/C15H16N4O/c1-19-14-4-3-12(20-2)8-13(14)18-15(19)10-5-6-17-11(7-10)9-16/h3-8H,9,16H2,1-2H3. The highest BCUT2D eigenvalue weighted by atomic mass is 16.5. The molecule has 3 aromatic rings. The summed E-state index contributed by atoms with van der Waals surface area (Å²) in [5.41, 5.74) is 9.48. The summed E-state index contributed by atoms with van der Waals surface area (Å²) in [7, 11) is 3.65. The van der Waals surface area contributed by atoms with Gasteiger partial charge in [0.2, 0.25) is 0 Å². The van der Waals surface area contributed by atoms with Crippen LogP contribution in [-0.2, 0) is 13.6 Å². The van der Waals surface area contributed by atoms with E-state index >= 15 is 0 Å². The Morgan fingerprint density at radius 3 is 2.85 bits per heavy atom. The lowest BCUT2D eigenvalue weighted by Crippen LogP contribution is -2.00. The fraction of sp³-hybridized carbons (Fsp3) is 0.200. The van der Waals surface area contributed by atoms with Gasteiger partial charge >= 0.3 is 0 Å². The van der Waals surface area contributed by atoms with E-state index < -0.39 is 0 Å². The molecular formula is C15H16N4O. The van der Waals surface area contributed by atoms with E-state index in [0.29, 0.717) is 6.54 Å². The number of rotatable bonds is 3. The van der Waals surface area contributed by atoms with E-state index in [1.54, 1.807) is 13.3 Å². The van der Waals surface area contributed by atoms with Crippen LogP contribution in [0, 0.1) is 0 Å². The van der Waals surface area contributed by atoms with Crippen LogP contribution in [0.1, 0.15) is 5.69 Å². The SMILES string of the molecule is COc1ccc2c(c1)nc(-c1ccnc(CN)c1)n2C. The zero-order chi connectivity index (χ0) is 14.1. The first-order valence-corrected chi connectivity index (χ1v) is 6.39. The molecule has 0 aliphatic carbocycles. The number of ether oxygens (including phenoxy) is 1. The molecule has 1 aromatic carbocycles. The second-order valence-electron chi connectivity index (χ2n) is 4.59. The Labute approximate surface area is 117 Å². The Morgan fingerprint density at radius 2 is 2.10 bits per heavy atom. The van der Waals surface area contributed by atoms with Crippen molar-refractivity contribution < 1.29 is 4.74 Å². The van der Waals surface area contributed by atoms with Gasteiger partial charge in [0.05, 0.1) is 23.8 Å². The molecule has 0 spiro atoms. The number of aryl methyl sites for hydroxylation is 1. The molecule has 0 radical (unpaired) electrons. The number of nitrogens with two attached hydrogens (primary N) is 1. The smallest absolute Gasteiger partial charge is 0.140 e. The minimum absolute atomic E-state index is 0.422. The first kappa shape index (κ1) is 12.6. The molecule has 5 heteroatoms. The van der Waals surface area contributed by atoms with Gasteiger partial charge in [0.1, 0.15) is 11.6 Å². The fourth-order valence-electron chi connectivity index (χ4n) is 2.29. The molecule has 2 aromatic heterocycles. The second kappa shape index (κ2) is 4.94. The quantitative estimate of drug-likeness (QED) is 0.790. The summed E-state index contributed by atoms with van der Waals surface area (Å²) < 4.78 is 7.30. The molecule has 2 N–H and O–H groups in total. The van der Waals surface area contributed by atoms with Crippen molar-refractivity contribution in [1.82, 2.24) is 14.5 Å². The molecule has 2 heterocycles. The average Bonchev–Trinajstić information content (AvgIpc) is 2.83. The lowest BCUT2D eigenvalue weighted by molar-refractivity contribution is 0.415. The van der Waals surface area contributed by atoms with E-state index in [1.165, 1.54) is 0 Å². The predicted molar refractivity (Wildman–Crippen MR) is 78.4 cm³/mol. The number of methoxy groups -OCH3 is 1. The number of fused-ring (bicyclic) bond motifs is 1. The molecule has 0 bridgehead atoms. The van der Waals surface area contributed by atoms with E-state index in [2.05, 4.69) is 14.5 Å². The molecule has 0 amide bonds. The summed E-state index contributed by atoms with van der Waals surface area (Å²) in [5, 5.41) is 0. The molecule has 0 saturated carbocycles. The van der Waals surface area contributed by atoms with Crippen LogP contribution in [0.3, 0.4) is 0 Å². The van der Waals surface area contributed by atoms with E-state index in [4.69, 9.17) is 10.5 Å². The van der Waals surface area contributed by atoms with Crippen molar-refractivity contribution in [3.05, 3.63) is 42.2 Å². The Kier molecular flexibility index (Phi) is 3.12. The number of hydrogen-bond acceptors (Lipinski definition) is 4. The van der Waals surface area contributed by atoms with Gasteiger partial charge in [0.15, 0.2) is 0 Å². The van der Waals surface area contributed by atoms with E-state index in [0.717, 1.165) is 33.9 Å². The van der Waals surface area contributed by atoms with Crippen molar-refractivity contribution in [2.24, 2.45) is 12.8 Å². The summed E-state index contributed by atoms with van der Waals surface area (Å²) in [6, 6.07) is 9.79. The summed E-state index contributed by atoms with van der Waals surface area (Å²) in [6.07, 6.45) is 1.76. The van der Waals surface area contributed by atoms with E-state index in [9.17, 15) is 0 Å². The molecule has 0 aliphatic rings. The van der Waals surface area contributed by atoms with Crippen LogP contribution in [-0.4, -0.2) is 21.6 Å². The molecule has 5 nitrogen and oxygen atoms in total. The molecule has 20 heavy (non-hydrogen) atoms. The van der Waals surface area contributed by atoms with Crippen molar-refractivity contribution in [3.8, 4) is 17.1 Å². The van der Waals surface area contributed by atoms with Gasteiger partial charge in [-0.15, -0.1) is 0 Å². The zero-order valence-corrected chi connectivity index (χ0v) is 11.5. The van der Waals surface area contributed by atoms with Crippen LogP contribution in [0.15, 0.2) is 36.5 Å². The van der Waals surface area contributed by atoms with E-state index in [1.807, 2.05) is 37.4 Å². The Balaban J connectivity index is 2.18. The van der Waals surface area contributed by atoms with Gasteiger partial charge < -0.3 is 15.0 Å². The number of aromatic nitrogens is 3. The van der Waals surface area contributed by atoms with Crippen LogP contribution in [0.4, 0.5) is 0 Å². The second-order valence-corrected chi connectivity index (χ2v) is 4.59. The van der Waals surface area contributed by atoms with Crippen LogP contribution in [0.2, 0.25) is 0 Å². The van der Waals surface area contributed by atoms with Gasteiger partial charge in [-0.3, -0.25) is 4.98 Å². The summed E-state index contributed by atoms with van der Waals surface area (Å²) in [6.45, 7) is 0.422. The molecule has 0 atom stereocenters. The van der Waals surface area contributed by atoms with Crippen molar-refractivity contribution >= 4 is 11.0 Å². The normalized spacial score (nSPS) is 10.9. The van der Waals surface area contributed by atoms with Crippen molar-refractivity contribution in [3.63, 3.8) is 0 Å². The van der Waals surface area contributed by atoms with Gasteiger partial charge in [-0.1, -0.05) is 0 Å². The van der Waals surface area contributed by atoms with Gasteiger partial charge in [0.25, 0.3) is 0 Å². The number of pyridine rings is 1. The van der Waals surface area contributed by atoms with Crippen LogP contribution in [0.5, 0.6) is 5.75 Å². The Bertz CT molecular complexity index is 764. The minimum Gasteiger partial charge on any atom is -0.497 e. The third-order valence-corrected chi connectivity index (χ3v) is 3.37. The molecular weight excluding hydrogens is 252 g/mol.